The monoisotopic (exact) mass is 427 g/mol. The van der Waals surface area contributed by atoms with E-state index in [1.54, 1.807) is 6.07 Å². The first-order valence-electron chi connectivity index (χ1n) is 10.7. The fraction of sp³-hybridized carbons (Fsp3) is 0.417. The predicted molar refractivity (Wildman–Crippen MR) is 117 cm³/mol. The Balaban J connectivity index is 1.49. The molecule has 0 spiro atoms. The van der Waals surface area contributed by atoms with Crippen molar-refractivity contribution in [3.05, 3.63) is 65.5 Å². The van der Waals surface area contributed by atoms with Crippen LogP contribution in [0.1, 0.15) is 31.4 Å². The van der Waals surface area contributed by atoms with Gasteiger partial charge in [0.05, 0.1) is 18.6 Å². The summed E-state index contributed by atoms with van der Waals surface area (Å²) in [5.41, 5.74) is 1.88. The van der Waals surface area contributed by atoms with Gasteiger partial charge in [-0.05, 0) is 55.7 Å². The van der Waals surface area contributed by atoms with Crippen LogP contribution >= 0.6 is 0 Å². The zero-order valence-electron chi connectivity index (χ0n) is 18.1. The van der Waals surface area contributed by atoms with Gasteiger partial charge in [0.15, 0.2) is 0 Å². The molecule has 0 saturated carbocycles. The quantitative estimate of drug-likeness (QED) is 0.646. The number of carbonyl (C=O) groups excluding carboxylic acids is 2. The number of ether oxygens (including phenoxy) is 1. The average Bonchev–Trinajstić information content (AvgIpc) is 2.71. The lowest BCUT2D eigenvalue weighted by atomic mass is 10.1. The van der Waals surface area contributed by atoms with Crippen molar-refractivity contribution in [2.24, 2.45) is 0 Å². The lowest BCUT2D eigenvalue weighted by Crippen LogP contribution is -2.56. The largest absolute Gasteiger partial charge is 0.491 e. The smallest absolute Gasteiger partial charge is 0.237 e. The Bertz CT molecular complexity index is 886. The van der Waals surface area contributed by atoms with E-state index in [9.17, 15) is 14.0 Å². The van der Waals surface area contributed by atoms with Crippen LogP contribution in [-0.4, -0.2) is 48.5 Å². The van der Waals surface area contributed by atoms with E-state index in [0.29, 0.717) is 32.6 Å². The highest BCUT2D eigenvalue weighted by Crippen LogP contribution is 2.16. The van der Waals surface area contributed by atoms with Crippen molar-refractivity contribution in [1.29, 1.82) is 0 Å². The standard InChI is InChI=1S/C24H30FN3O3/c1-17(2)31-21-8-6-18(7-9-21)10-11-26-23(29)15-22-24(30)27-12-13-28(22)16-19-4-3-5-20(25)14-19/h3-9,14,17,22H,10-13,15-16H2,1-2H3,(H,26,29)(H,27,30). The highest BCUT2D eigenvalue weighted by molar-refractivity contribution is 5.88. The summed E-state index contributed by atoms with van der Waals surface area (Å²) in [6.07, 6.45) is 0.891. The summed E-state index contributed by atoms with van der Waals surface area (Å²) in [5.74, 6) is 0.172. The van der Waals surface area contributed by atoms with Gasteiger partial charge in [0.2, 0.25) is 11.8 Å². The van der Waals surface area contributed by atoms with Crippen LogP contribution in [0.15, 0.2) is 48.5 Å². The van der Waals surface area contributed by atoms with E-state index in [2.05, 4.69) is 10.6 Å². The molecule has 2 aromatic carbocycles. The Labute approximate surface area is 182 Å². The lowest BCUT2D eigenvalue weighted by molar-refractivity contribution is -0.134. The summed E-state index contributed by atoms with van der Waals surface area (Å²) < 4.78 is 19.1. The van der Waals surface area contributed by atoms with Gasteiger partial charge in [-0.3, -0.25) is 14.5 Å². The second kappa shape index (κ2) is 10.9. The minimum Gasteiger partial charge on any atom is -0.491 e. The number of amides is 2. The summed E-state index contributed by atoms with van der Waals surface area (Å²) in [4.78, 5) is 26.8. The Hall–Kier alpha value is -2.93. The number of hydrogen-bond acceptors (Lipinski definition) is 4. The molecule has 1 unspecified atom stereocenters. The molecule has 2 amide bonds. The fourth-order valence-corrected chi connectivity index (χ4v) is 3.64. The molecule has 2 N–H and O–H groups in total. The van der Waals surface area contributed by atoms with Crippen LogP contribution in [0.3, 0.4) is 0 Å². The predicted octanol–water partition coefficient (Wildman–Crippen LogP) is 2.66. The molecule has 31 heavy (non-hydrogen) atoms. The van der Waals surface area contributed by atoms with E-state index in [0.717, 1.165) is 16.9 Å². The zero-order valence-corrected chi connectivity index (χ0v) is 18.1. The number of piperazine rings is 1. The Morgan fingerprint density at radius 1 is 1.23 bits per heavy atom. The van der Waals surface area contributed by atoms with Gasteiger partial charge in [-0.1, -0.05) is 24.3 Å². The molecular formula is C24H30FN3O3. The van der Waals surface area contributed by atoms with E-state index < -0.39 is 6.04 Å². The van der Waals surface area contributed by atoms with E-state index in [1.165, 1.54) is 12.1 Å². The molecule has 0 bridgehead atoms. The summed E-state index contributed by atoms with van der Waals surface area (Å²) >= 11 is 0. The Morgan fingerprint density at radius 3 is 2.71 bits per heavy atom. The zero-order chi connectivity index (χ0) is 22.2. The molecule has 1 aliphatic rings. The third-order valence-corrected chi connectivity index (χ3v) is 5.13. The molecule has 7 heteroatoms. The van der Waals surface area contributed by atoms with Crippen LogP contribution in [0.5, 0.6) is 5.75 Å². The molecule has 166 valence electrons. The molecule has 0 aliphatic carbocycles. The molecule has 1 heterocycles. The van der Waals surface area contributed by atoms with Crippen molar-refractivity contribution in [1.82, 2.24) is 15.5 Å². The summed E-state index contributed by atoms with van der Waals surface area (Å²) in [6.45, 7) is 6.01. The van der Waals surface area contributed by atoms with Gasteiger partial charge < -0.3 is 15.4 Å². The minimum atomic E-state index is -0.565. The molecule has 3 rings (SSSR count). The van der Waals surface area contributed by atoms with E-state index >= 15 is 0 Å². The summed E-state index contributed by atoms with van der Waals surface area (Å²) in [6, 6.07) is 13.6. The first kappa shape index (κ1) is 22.7. The molecule has 2 aromatic rings. The van der Waals surface area contributed by atoms with Crippen LogP contribution in [0.4, 0.5) is 4.39 Å². The third-order valence-electron chi connectivity index (χ3n) is 5.13. The molecule has 1 aliphatic heterocycles. The molecule has 1 atom stereocenters. The van der Waals surface area contributed by atoms with Crippen LogP contribution in [-0.2, 0) is 22.6 Å². The Kier molecular flexibility index (Phi) is 8.00. The van der Waals surface area contributed by atoms with Gasteiger partial charge in [0.25, 0.3) is 0 Å². The van der Waals surface area contributed by atoms with Crippen molar-refractivity contribution in [3.8, 4) is 5.75 Å². The first-order chi connectivity index (χ1) is 14.9. The third kappa shape index (κ3) is 7.07. The molecular weight excluding hydrogens is 397 g/mol. The van der Waals surface area contributed by atoms with Gasteiger partial charge >= 0.3 is 0 Å². The lowest BCUT2D eigenvalue weighted by Gasteiger charge is -2.34. The van der Waals surface area contributed by atoms with Gasteiger partial charge in [-0.25, -0.2) is 4.39 Å². The second-order valence-electron chi connectivity index (χ2n) is 8.02. The number of halogens is 1. The van der Waals surface area contributed by atoms with Crippen molar-refractivity contribution in [2.75, 3.05) is 19.6 Å². The number of rotatable bonds is 9. The Morgan fingerprint density at radius 2 is 2.00 bits per heavy atom. The second-order valence-corrected chi connectivity index (χ2v) is 8.02. The molecule has 0 aromatic heterocycles. The van der Waals surface area contributed by atoms with Crippen molar-refractivity contribution in [3.63, 3.8) is 0 Å². The molecule has 6 nitrogen and oxygen atoms in total. The molecule has 1 fully saturated rings. The van der Waals surface area contributed by atoms with Crippen molar-refractivity contribution < 1.29 is 18.7 Å². The normalized spacial score (nSPS) is 16.8. The van der Waals surface area contributed by atoms with Crippen molar-refractivity contribution in [2.45, 2.75) is 45.4 Å². The average molecular weight is 428 g/mol. The van der Waals surface area contributed by atoms with Gasteiger partial charge in [0, 0.05) is 26.2 Å². The highest BCUT2D eigenvalue weighted by Gasteiger charge is 2.31. The first-order valence-corrected chi connectivity index (χ1v) is 10.7. The van der Waals surface area contributed by atoms with Crippen LogP contribution in [0, 0.1) is 5.82 Å². The molecule has 0 radical (unpaired) electrons. The number of nitrogens with zero attached hydrogens (tertiary/aromatic N) is 1. The SMILES string of the molecule is CC(C)Oc1ccc(CCNC(=O)CC2C(=O)NCCN2Cc2cccc(F)c2)cc1. The van der Waals surface area contributed by atoms with Crippen LogP contribution in [0.2, 0.25) is 0 Å². The number of hydrogen-bond donors (Lipinski definition) is 2. The number of benzene rings is 2. The molecule has 1 saturated heterocycles. The van der Waals surface area contributed by atoms with Gasteiger partial charge in [0.1, 0.15) is 11.6 Å². The van der Waals surface area contributed by atoms with E-state index in [4.69, 9.17) is 4.74 Å². The topological polar surface area (TPSA) is 70.7 Å². The summed E-state index contributed by atoms with van der Waals surface area (Å²) in [5, 5.41) is 5.72. The minimum absolute atomic E-state index is 0.0717. The maximum absolute atomic E-state index is 13.5. The highest BCUT2D eigenvalue weighted by atomic mass is 19.1. The number of nitrogens with one attached hydrogen (secondary N) is 2. The fourth-order valence-electron chi connectivity index (χ4n) is 3.64. The maximum Gasteiger partial charge on any atom is 0.237 e. The van der Waals surface area contributed by atoms with E-state index in [1.807, 2.05) is 49.1 Å². The van der Waals surface area contributed by atoms with Crippen LogP contribution < -0.4 is 15.4 Å². The van der Waals surface area contributed by atoms with Gasteiger partial charge in [-0.15, -0.1) is 0 Å². The summed E-state index contributed by atoms with van der Waals surface area (Å²) in [7, 11) is 0. The number of carbonyl (C=O) groups is 2. The van der Waals surface area contributed by atoms with Gasteiger partial charge in [-0.2, -0.15) is 0 Å². The van der Waals surface area contributed by atoms with Crippen molar-refractivity contribution >= 4 is 11.8 Å². The van der Waals surface area contributed by atoms with E-state index in [-0.39, 0.29) is 30.2 Å². The maximum atomic E-state index is 13.5. The van der Waals surface area contributed by atoms with Crippen LogP contribution in [0.25, 0.3) is 0 Å².